The fraction of sp³-hybridized carbons (Fsp3) is 0.333. The van der Waals surface area contributed by atoms with Crippen LogP contribution in [0.25, 0.3) is 0 Å². The van der Waals surface area contributed by atoms with Gasteiger partial charge in [-0.2, -0.15) is 0 Å². The fourth-order valence-corrected chi connectivity index (χ4v) is 1.25. The summed E-state index contributed by atoms with van der Waals surface area (Å²) in [5.74, 6) is 0. The predicted octanol–water partition coefficient (Wildman–Crippen LogP) is 2.14. The Kier molecular flexibility index (Phi) is 5.33. The van der Waals surface area contributed by atoms with Gasteiger partial charge in [0.05, 0.1) is 6.10 Å². The standard InChI is InChI=1S/C9H12ClNO.ClH/c1-6(11)9(12)7-4-2-3-5-8(7)10;/h2-6,9,12H,11H2,1H3;1H/t6-,9-;/m0./s1. The largest absolute Gasteiger partial charge is 0.387 e. The van der Waals surface area contributed by atoms with Gasteiger partial charge in [0.1, 0.15) is 0 Å². The van der Waals surface area contributed by atoms with E-state index in [1.54, 1.807) is 19.1 Å². The third kappa shape index (κ3) is 3.16. The first-order valence-corrected chi connectivity index (χ1v) is 4.19. The highest BCUT2D eigenvalue weighted by Crippen LogP contribution is 2.23. The lowest BCUT2D eigenvalue weighted by molar-refractivity contribution is 0.153. The summed E-state index contributed by atoms with van der Waals surface area (Å²) in [6, 6.07) is 6.86. The molecule has 3 N–H and O–H groups in total. The Morgan fingerprint density at radius 2 is 1.92 bits per heavy atom. The molecule has 0 aliphatic rings. The molecule has 0 aromatic heterocycles. The number of nitrogens with two attached hydrogens (primary N) is 1. The Hall–Kier alpha value is -0.280. The van der Waals surface area contributed by atoms with E-state index < -0.39 is 6.10 Å². The molecular weight excluding hydrogens is 209 g/mol. The van der Waals surface area contributed by atoms with Gasteiger partial charge in [0.2, 0.25) is 0 Å². The number of hydrogen-bond donors (Lipinski definition) is 2. The van der Waals surface area contributed by atoms with Crippen molar-refractivity contribution in [3.63, 3.8) is 0 Å². The number of aliphatic hydroxyl groups excluding tert-OH is 1. The summed E-state index contributed by atoms with van der Waals surface area (Å²) >= 11 is 5.85. The Morgan fingerprint density at radius 3 is 2.38 bits per heavy atom. The van der Waals surface area contributed by atoms with Crippen LogP contribution in [-0.2, 0) is 0 Å². The first-order valence-electron chi connectivity index (χ1n) is 3.81. The molecule has 0 unspecified atom stereocenters. The van der Waals surface area contributed by atoms with Gasteiger partial charge in [-0.3, -0.25) is 0 Å². The van der Waals surface area contributed by atoms with Crippen molar-refractivity contribution in [3.05, 3.63) is 34.9 Å². The van der Waals surface area contributed by atoms with Gasteiger partial charge in [-0.1, -0.05) is 29.8 Å². The second kappa shape index (κ2) is 5.45. The second-order valence-corrected chi connectivity index (χ2v) is 3.23. The van der Waals surface area contributed by atoms with E-state index in [9.17, 15) is 5.11 Å². The topological polar surface area (TPSA) is 46.2 Å². The minimum absolute atomic E-state index is 0. The van der Waals surface area contributed by atoms with E-state index in [4.69, 9.17) is 17.3 Å². The van der Waals surface area contributed by atoms with Gasteiger partial charge in [-0.15, -0.1) is 12.4 Å². The molecule has 0 fully saturated rings. The van der Waals surface area contributed by atoms with Crippen LogP contribution < -0.4 is 5.73 Å². The van der Waals surface area contributed by atoms with E-state index in [0.29, 0.717) is 10.6 Å². The van der Waals surface area contributed by atoms with Crippen molar-refractivity contribution in [2.75, 3.05) is 0 Å². The van der Waals surface area contributed by atoms with Crippen molar-refractivity contribution >= 4 is 24.0 Å². The molecule has 0 aliphatic heterocycles. The summed E-state index contributed by atoms with van der Waals surface area (Å²) in [5, 5.41) is 10.1. The number of halogens is 2. The molecule has 1 aromatic rings. The van der Waals surface area contributed by atoms with Crippen molar-refractivity contribution in [3.8, 4) is 0 Å². The third-order valence-corrected chi connectivity index (χ3v) is 2.07. The summed E-state index contributed by atoms with van der Waals surface area (Å²) < 4.78 is 0. The summed E-state index contributed by atoms with van der Waals surface area (Å²) in [6.07, 6.45) is -0.682. The SMILES string of the molecule is C[C@H](N)[C@H](O)c1ccccc1Cl.Cl. The van der Waals surface area contributed by atoms with Crippen molar-refractivity contribution in [2.45, 2.75) is 19.1 Å². The number of benzene rings is 1. The number of aliphatic hydroxyl groups is 1. The average molecular weight is 222 g/mol. The Morgan fingerprint density at radius 1 is 1.38 bits per heavy atom. The lowest BCUT2D eigenvalue weighted by Gasteiger charge is -2.15. The van der Waals surface area contributed by atoms with E-state index in [0.717, 1.165) is 0 Å². The molecule has 0 amide bonds. The minimum atomic E-state index is -0.682. The maximum atomic E-state index is 9.57. The molecule has 0 radical (unpaired) electrons. The highest BCUT2D eigenvalue weighted by atomic mass is 35.5. The molecule has 4 heteroatoms. The number of rotatable bonds is 2. The van der Waals surface area contributed by atoms with E-state index in [1.165, 1.54) is 0 Å². The van der Waals surface area contributed by atoms with Crippen molar-refractivity contribution in [1.82, 2.24) is 0 Å². The van der Waals surface area contributed by atoms with Gasteiger partial charge >= 0.3 is 0 Å². The minimum Gasteiger partial charge on any atom is -0.387 e. The van der Waals surface area contributed by atoms with Crippen molar-refractivity contribution < 1.29 is 5.11 Å². The zero-order valence-electron chi connectivity index (χ0n) is 7.27. The molecule has 0 bridgehead atoms. The highest BCUT2D eigenvalue weighted by molar-refractivity contribution is 6.31. The van der Waals surface area contributed by atoms with E-state index in [2.05, 4.69) is 0 Å². The van der Waals surface area contributed by atoms with Crippen LogP contribution in [0.15, 0.2) is 24.3 Å². The molecule has 0 aliphatic carbocycles. The van der Waals surface area contributed by atoms with Crippen LogP contribution in [-0.4, -0.2) is 11.1 Å². The third-order valence-electron chi connectivity index (χ3n) is 1.72. The van der Waals surface area contributed by atoms with Gasteiger partial charge < -0.3 is 10.8 Å². The maximum absolute atomic E-state index is 9.57. The quantitative estimate of drug-likeness (QED) is 0.805. The molecule has 0 saturated heterocycles. The molecule has 0 spiro atoms. The van der Waals surface area contributed by atoms with Crippen LogP contribution in [0.5, 0.6) is 0 Å². The summed E-state index contributed by atoms with van der Waals surface area (Å²) in [7, 11) is 0. The fourth-order valence-electron chi connectivity index (χ4n) is 0.998. The molecule has 2 atom stereocenters. The Balaban J connectivity index is 0.00000144. The van der Waals surface area contributed by atoms with Gasteiger partial charge in [0, 0.05) is 16.6 Å². The maximum Gasteiger partial charge on any atom is 0.0952 e. The molecule has 1 aromatic carbocycles. The first kappa shape index (κ1) is 12.7. The molecule has 0 heterocycles. The molecule has 74 valence electrons. The van der Waals surface area contributed by atoms with Gasteiger partial charge in [0.25, 0.3) is 0 Å². The van der Waals surface area contributed by atoms with E-state index >= 15 is 0 Å². The van der Waals surface area contributed by atoms with Crippen LogP contribution in [0.2, 0.25) is 5.02 Å². The zero-order valence-corrected chi connectivity index (χ0v) is 8.85. The average Bonchev–Trinajstić information content (AvgIpc) is 2.04. The summed E-state index contributed by atoms with van der Waals surface area (Å²) in [4.78, 5) is 0. The van der Waals surface area contributed by atoms with E-state index in [1.807, 2.05) is 12.1 Å². The lowest BCUT2D eigenvalue weighted by Crippen LogP contribution is -2.24. The van der Waals surface area contributed by atoms with Crippen LogP contribution in [0.3, 0.4) is 0 Å². The number of hydrogen-bond acceptors (Lipinski definition) is 2. The molecule has 13 heavy (non-hydrogen) atoms. The molecule has 2 nitrogen and oxygen atoms in total. The van der Waals surface area contributed by atoms with E-state index in [-0.39, 0.29) is 18.4 Å². The predicted molar refractivity (Wildman–Crippen MR) is 57.3 cm³/mol. The van der Waals surface area contributed by atoms with Gasteiger partial charge in [0.15, 0.2) is 0 Å². The van der Waals surface area contributed by atoms with Crippen LogP contribution in [0.1, 0.15) is 18.6 Å². The van der Waals surface area contributed by atoms with Gasteiger partial charge in [-0.05, 0) is 13.0 Å². The van der Waals surface area contributed by atoms with Crippen molar-refractivity contribution in [1.29, 1.82) is 0 Å². The lowest BCUT2D eigenvalue weighted by atomic mass is 10.0. The van der Waals surface area contributed by atoms with Crippen LogP contribution in [0.4, 0.5) is 0 Å². The Bertz CT molecular complexity index is 266. The highest BCUT2D eigenvalue weighted by Gasteiger charge is 2.14. The smallest absolute Gasteiger partial charge is 0.0952 e. The summed E-state index contributed by atoms with van der Waals surface area (Å²) in [5.41, 5.74) is 6.22. The van der Waals surface area contributed by atoms with Crippen LogP contribution in [0, 0.1) is 0 Å². The molecule has 1 rings (SSSR count). The second-order valence-electron chi connectivity index (χ2n) is 2.83. The zero-order chi connectivity index (χ0) is 9.14. The van der Waals surface area contributed by atoms with Crippen molar-refractivity contribution in [2.24, 2.45) is 5.73 Å². The molecular formula is C9H13Cl2NO. The normalized spacial score (nSPS) is 14.5. The van der Waals surface area contributed by atoms with Gasteiger partial charge in [-0.25, -0.2) is 0 Å². The summed E-state index contributed by atoms with van der Waals surface area (Å²) in [6.45, 7) is 1.74. The van der Waals surface area contributed by atoms with Crippen LogP contribution >= 0.6 is 24.0 Å². The molecule has 0 saturated carbocycles. The first-order chi connectivity index (χ1) is 5.63. The Labute approximate surface area is 89.1 Å². The monoisotopic (exact) mass is 221 g/mol.